The molecule has 0 aliphatic carbocycles. The number of hydrogen-bond acceptors (Lipinski definition) is 1. The molecule has 0 atom stereocenters. The summed E-state index contributed by atoms with van der Waals surface area (Å²) in [5.74, 6) is 0. The summed E-state index contributed by atoms with van der Waals surface area (Å²) in [6, 6.07) is 0. The molecule has 49 valence electrons. The fourth-order valence-corrected chi connectivity index (χ4v) is 0.500. The van der Waals surface area contributed by atoms with Crippen LogP contribution in [0.1, 0.15) is 13.8 Å². The molecule has 1 nitrogen and oxygen atoms in total. The summed E-state index contributed by atoms with van der Waals surface area (Å²) in [5.41, 5.74) is 0.667. The van der Waals surface area contributed by atoms with Crippen molar-refractivity contribution in [3.8, 4) is 0 Å². The highest BCUT2D eigenvalue weighted by Gasteiger charge is 2.24. The summed E-state index contributed by atoms with van der Waals surface area (Å²) < 4.78 is 5.09. The lowest BCUT2D eigenvalue weighted by Gasteiger charge is -2.23. The van der Waals surface area contributed by atoms with Gasteiger partial charge < -0.3 is 4.43 Å². The van der Waals surface area contributed by atoms with E-state index in [0.29, 0.717) is 5.54 Å². The van der Waals surface area contributed by atoms with Gasteiger partial charge in [-0.3, -0.25) is 0 Å². The molecule has 0 fully saturated rings. The van der Waals surface area contributed by atoms with E-state index in [1.54, 1.807) is 0 Å². The van der Waals surface area contributed by atoms with Crippen LogP contribution in [0.5, 0.6) is 0 Å². The summed E-state index contributed by atoms with van der Waals surface area (Å²) >= 11 is 0. The van der Waals surface area contributed by atoms with Gasteiger partial charge in [-0.05, 0) is 18.6 Å². The highest BCUT2D eigenvalue weighted by atomic mass is 28.4. The third kappa shape index (κ3) is 1.97. The van der Waals surface area contributed by atoms with Crippen molar-refractivity contribution >= 4 is 8.32 Å². The smallest absolute Gasteiger partial charge is 0.189 e. The van der Waals surface area contributed by atoms with Gasteiger partial charge >= 0.3 is 0 Å². The predicted molar refractivity (Wildman–Crippen MR) is 39.0 cm³/mol. The molecule has 0 saturated heterocycles. The van der Waals surface area contributed by atoms with Crippen molar-refractivity contribution in [2.24, 2.45) is 0 Å². The summed E-state index contributed by atoms with van der Waals surface area (Å²) in [4.78, 5) is 0. The topological polar surface area (TPSA) is 9.23 Å². The Morgan fingerprint density at radius 2 is 1.75 bits per heavy atom. The van der Waals surface area contributed by atoms with E-state index < -0.39 is 8.32 Å². The normalized spacial score (nSPS) is 12.8. The molecule has 0 aromatic carbocycles. The van der Waals surface area contributed by atoms with Gasteiger partial charge in [-0.1, -0.05) is 13.8 Å². The SMILES string of the molecule is [CH2]O[Si](C)(C)C(C)C. The van der Waals surface area contributed by atoms with E-state index >= 15 is 0 Å². The molecule has 0 unspecified atom stereocenters. The Balaban J connectivity index is 3.71. The monoisotopic (exact) mass is 131 g/mol. The van der Waals surface area contributed by atoms with Crippen molar-refractivity contribution in [1.29, 1.82) is 0 Å². The lowest BCUT2D eigenvalue weighted by atomic mass is 10.6. The van der Waals surface area contributed by atoms with E-state index in [0.717, 1.165) is 0 Å². The van der Waals surface area contributed by atoms with E-state index in [1.165, 1.54) is 0 Å². The van der Waals surface area contributed by atoms with Crippen LogP contribution in [0.4, 0.5) is 0 Å². The molecule has 0 rings (SSSR count). The van der Waals surface area contributed by atoms with Gasteiger partial charge in [-0.2, -0.15) is 0 Å². The number of hydrogen-bond donors (Lipinski definition) is 0. The molecule has 0 bridgehead atoms. The third-order valence-electron chi connectivity index (χ3n) is 1.76. The zero-order valence-corrected chi connectivity index (χ0v) is 7.19. The van der Waals surface area contributed by atoms with Crippen molar-refractivity contribution in [3.63, 3.8) is 0 Å². The van der Waals surface area contributed by atoms with Gasteiger partial charge in [0.1, 0.15) is 0 Å². The van der Waals surface area contributed by atoms with Gasteiger partial charge in [-0.25, -0.2) is 0 Å². The Morgan fingerprint density at radius 1 is 1.38 bits per heavy atom. The summed E-state index contributed by atoms with van der Waals surface area (Å²) in [6.07, 6.45) is 0. The molecule has 0 aliphatic heterocycles. The van der Waals surface area contributed by atoms with Crippen LogP contribution >= 0.6 is 0 Å². The lowest BCUT2D eigenvalue weighted by Crippen LogP contribution is -2.31. The first-order valence-corrected chi connectivity index (χ1v) is 5.92. The molecule has 0 aromatic rings. The van der Waals surface area contributed by atoms with Gasteiger partial charge in [0.15, 0.2) is 8.32 Å². The fraction of sp³-hybridized carbons (Fsp3) is 0.833. The van der Waals surface area contributed by atoms with Crippen molar-refractivity contribution < 1.29 is 4.43 Å². The van der Waals surface area contributed by atoms with Gasteiger partial charge in [0.05, 0.1) is 7.11 Å². The van der Waals surface area contributed by atoms with Crippen LogP contribution < -0.4 is 0 Å². The quantitative estimate of drug-likeness (QED) is 0.523. The standard InChI is InChI=1S/C6H15OSi/c1-6(2)8(4,5)7-3/h6H,3H2,1-2,4-5H3. The summed E-state index contributed by atoms with van der Waals surface area (Å²) in [5, 5.41) is 0. The van der Waals surface area contributed by atoms with E-state index in [2.05, 4.69) is 34.1 Å². The molecular weight excluding hydrogens is 116 g/mol. The largest absolute Gasteiger partial charge is 0.415 e. The molecule has 8 heavy (non-hydrogen) atoms. The van der Waals surface area contributed by atoms with Crippen LogP contribution in [0.2, 0.25) is 18.6 Å². The Labute approximate surface area is 53.2 Å². The fourth-order valence-electron chi connectivity index (χ4n) is 0.167. The molecule has 0 spiro atoms. The first-order valence-electron chi connectivity index (χ1n) is 2.94. The first-order chi connectivity index (χ1) is 3.50. The highest BCUT2D eigenvalue weighted by molar-refractivity contribution is 6.72. The molecule has 1 radical (unpaired) electrons. The molecule has 0 amide bonds. The van der Waals surface area contributed by atoms with E-state index in [4.69, 9.17) is 4.43 Å². The Morgan fingerprint density at radius 3 is 1.75 bits per heavy atom. The Kier molecular flexibility index (Phi) is 2.70. The van der Waals surface area contributed by atoms with Crippen molar-refractivity contribution in [2.75, 3.05) is 0 Å². The van der Waals surface area contributed by atoms with Gasteiger partial charge in [0.2, 0.25) is 0 Å². The van der Waals surface area contributed by atoms with E-state index in [1.807, 2.05) is 0 Å². The second-order valence-corrected chi connectivity index (χ2v) is 7.55. The van der Waals surface area contributed by atoms with Crippen LogP contribution in [-0.4, -0.2) is 8.32 Å². The Hall–Kier alpha value is 0.177. The summed E-state index contributed by atoms with van der Waals surface area (Å²) in [7, 11) is 2.07. The molecule has 2 heteroatoms. The van der Waals surface area contributed by atoms with E-state index in [-0.39, 0.29) is 0 Å². The van der Waals surface area contributed by atoms with Crippen molar-refractivity contribution in [1.82, 2.24) is 0 Å². The van der Waals surface area contributed by atoms with Crippen molar-refractivity contribution in [3.05, 3.63) is 7.11 Å². The predicted octanol–water partition coefficient (Wildman–Crippen LogP) is 2.41. The van der Waals surface area contributed by atoms with Gasteiger partial charge in [-0.15, -0.1) is 0 Å². The van der Waals surface area contributed by atoms with Gasteiger partial charge in [0.25, 0.3) is 0 Å². The Bertz CT molecular complexity index is 68.9. The molecule has 0 aliphatic rings. The molecule has 0 saturated carbocycles. The average Bonchev–Trinajstić information content (AvgIpc) is 1.67. The second-order valence-electron chi connectivity index (χ2n) is 2.90. The highest BCUT2D eigenvalue weighted by Crippen LogP contribution is 2.20. The second kappa shape index (κ2) is 2.64. The lowest BCUT2D eigenvalue weighted by molar-refractivity contribution is 0.451. The van der Waals surface area contributed by atoms with Crippen molar-refractivity contribution in [2.45, 2.75) is 32.5 Å². The van der Waals surface area contributed by atoms with Crippen LogP contribution in [0.25, 0.3) is 0 Å². The average molecular weight is 131 g/mol. The maximum absolute atomic E-state index is 5.09. The third-order valence-corrected chi connectivity index (χ3v) is 5.29. The maximum atomic E-state index is 5.09. The van der Waals surface area contributed by atoms with Crippen LogP contribution in [0, 0.1) is 7.11 Å². The minimum atomic E-state index is -1.37. The van der Waals surface area contributed by atoms with Crippen LogP contribution in [-0.2, 0) is 4.43 Å². The van der Waals surface area contributed by atoms with Crippen LogP contribution in [0.3, 0.4) is 0 Å². The summed E-state index contributed by atoms with van der Waals surface area (Å²) in [6.45, 7) is 8.70. The van der Waals surface area contributed by atoms with Crippen LogP contribution in [0.15, 0.2) is 0 Å². The molecule has 0 heterocycles. The minimum absolute atomic E-state index is 0.667. The molecular formula is C6H15OSi. The maximum Gasteiger partial charge on any atom is 0.189 e. The van der Waals surface area contributed by atoms with E-state index in [9.17, 15) is 0 Å². The zero-order chi connectivity index (χ0) is 6.78. The zero-order valence-electron chi connectivity index (χ0n) is 6.19. The minimum Gasteiger partial charge on any atom is -0.415 e. The van der Waals surface area contributed by atoms with Gasteiger partial charge in [0, 0.05) is 0 Å². The molecule has 0 N–H and O–H groups in total. The first kappa shape index (κ1) is 8.18. The number of rotatable bonds is 2. The molecule has 0 aromatic heterocycles.